The maximum absolute atomic E-state index is 5.85. The zero-order valence-corrected chi connectivity index (χ0v) is 14.8. The molecule has 0 fully saturated rings. The molecule has 2 rings (SSSR count). The van der Waals surface area contributed by atoms with Crippen molar-refractivity contribution in [2.75, 3.05) is 26.7 Å². The molecule has 0 unspecified atom stereocenters. The third-order valence-corrected chi connectivity index (χ3v) is 3.04. The lowest BCUT2D eigenvalue weighted by Gasteiger charge is -2.17. The van der Waals surface area contributed by atoms with Gasteiger partial charge in [-0.3, -0.25) is 4.99 Å². The minimum atomic E-state index is 0. The fourth-order valence-corrected chi connectivity index (χ4v) is 1.94. The Kier molecular flexibility index (Phi) is 7.12. The second-order valence-corrected chi connectivity index (χ2v) is 5.29. The highest BCUT2D eigenvalue weighted by molar-refractivity contribution is 14.0. The Balaban J connectivity index is 0.00000200. The monoisotopic (exact) mass is 389 g/mol. The van der Waals surface area contributed by atoms with Crippen LogP contribution < -0.4 is 10.1 Å². The summed E-state index contributed by atoms with van der Waals surface area (Å²) in [6, 6.07) is 8.18. The van der Waals surface area contributed by atoms with Gasteiger partial charge in [-0.25, -0.2) is 0 Å². The molecule has 0 bridgehead atoms. The van der Waals surface area contributed by atoms with Crippen LogP contribution in [0.25, 0.3) is 0 Å². The van der Waals surface area contributed by atoms with Crippen LogP contribution >= 0.6 is 24.0 Å². The summed E-state index contributed by atoms with van der Waals surface area (Å²) in [7, 11) is 2.06. The largest absolute Gasteiger partial charge is 0.493 e. The van der Waals surface area contributed by atoms with Gasteiger partial charge in [-0.05, 0) is 12.0 Å². The number of halogens is 1. The smallest absolute Gasteiger partial charge is 0.194 e. The minimum Gasteiger partial charge on any atom is -0.493 e. The molecular formula is C15H24IN3O. The molecule has 0 spiro atoms. The standard InChI is InChI=1S/C15H23N3O.HI/c1-12(2)11-19-14-7-5-4-6-13(14)10-17-15-16-8-9-18(15)3;/h4-7,12H,8-11H2,1-3H3,(H,16,17);1H. The van der Waals surface area contributed by atoms with Gasteiger partial charge >= 0.3 is 0 Å². The lowest BCUT2D eigenvalue weighted by Crippen LogP contribution is -2.35. The molecule has 1 aromatic carbocycles. The Labute approximate surface area is 138 Å². The fraction of sp³-hybridized carbons (Fsp3) is 0.533. The maximum atomic E-state index is 5.85. The van der Waals surface area contributed by atoms with E-state index in [1.165, 1.54) is 5.56 Å². The van der Waals surface area contributed by atoms with Crippen LogP contribution in [0.15, 0.2) is 29.3 Å². The summed E-state index contributed by atoms with van der Waals surface area (Å²) in [5, 5.41) is 3.37. The van der Waals surface area contributed by atoms with Gasteiger partial charge in [0.2, 0.25) is 0 Å². The summed E-state index contributed by atoms with van der Waals surface area (Å²) >= 11 is 0. The Morgan fingerprint density at radius 1 is 1.35 bits per heavy atom. The van der Waals surface area contributed by atoms with Gasteiger partial charge in [0, 0.05) is 25.7 Å². The van der Waals surface area contributed by atoms with Crippen molar-refractivity contribution in [1.29, 1.82) is 0 Å². The predicted octanol–water partition coefficient (Wildman–Crippen LogP) is 2.73. The molecule has 0 aromatic heterocycles. The molecule has 5 heteroatoms. The molecule has 112 valence electrons. The number of likely N-dealkylation sites (N-methyl/N-ethyl adjacent to an activating group) is 1. The zero-order valence-electron chi connectivity index (χ0n) is 12.4. The summed E-state index contributed by atoms with van der Waals surface area (Å²) in [5.41, 5.74) is 1.17. The summed E-state index contributed by atoms with van der Waals surface area (Å²) < 4.78 is 5.85. The van der Waals surface area contributed by atoms with Gasteiger partial charge in [0.1, 0.15) is 5.75 Å². The second-order valence-electron chi connectivity index (χ2n) is 5.29. The van der Waals surface area contributed by atoms with E-state index in [9.17, 15) is 0 Å². The summed E-state index contributed by atoms with van der Waals surface area (Å²) in [6.07, 6.45) is 0. The van der Waals surface area contributed by atoms with E-state index in [-0.39, 0.29) is 24.0 Å². The molecule has 0 aliphatic carbocycles. The SMILES string of the molecule is CC(C)COc1ccccc1CNC1=NCCN1C.I. The number of ether oxygens (including phenoxy) is 1. The van der Waals surface area contributed by atoms with Crippen LogP contribution in [0.1, 0.15) is 19.4 Å². The summed E-state index contributed by atoms with van der Waals surface area (Å²) in [6.45, 7) is 7.68. The third kappa shape index (κ3) is 4.85. The number of guanidine groups is 1. The zero-order chi connectivity index (χ0) is 13.7. The van der Waals surface area contributed by atoms with E-state index < -0.39 is 0 Å². The first-order chi connectivity index (χ1) is 9.16. The summed E-state index contributed by atoms with van der Waals surface area (Å²) in [4.78, 5) is 6.56. The lowest BCUT2D eigenvalue weighted by atomic mass is 10.2. The number of hydrogen-bond acceptors (Lipinski definition) is 4. The molecule has 1 N–H and O–H groups in total. The molecule has 0 saturated heterocycles. The van der Waals surface area contributed by atoms with Crippen LogP contribution in [0.3, 0.4) is 0 Å². The van der Waals surface area contributed by atoms with E-state index in [0.29, 0.717) is 5.92 Å². The normalized spacial score (nSPS) is 14.0. The van der Waals surface area contributed by atoms with Crippen molar-refractivity contribution >= 4 is 29.9 Å². The minimum absolute atomic E-state index is 0. The Morgan fingerprint density at radius 2 is 2.10 bits per heavy atom. The van der Waals surface area contributed by atoms with Crippen LogP contribution in [0, 0.1) is 5.92 Å². The number of nitrogens with zero attached hydrogens (tertiary/aromatic N) is 2. The van der Waals surface area contributed by atoms with Crippen molar-refractivity contribution < 1.29 is 4.74 Å². The van der Waals surface area contributed by atoms with Gasteiger partial charge in [0.25, 0.3) is 0 Å². The Bertz CT molecular complexity index is 448. The molecule has 0 amide bonds. The molecule has 1 aliphatic rings. The molecule has 1 aliphatic heterocycles. The van der Waals surface area contributed by atoms with Gasteiger partial charge in [-0.15, -0.1) is 24.0 Å². The third-order valence-electron chi connectivity index (χ3n) is 3.04. The van der Waals surface area contributed by atoms with Crippen LogP contribution in [-0.2, 0) is 6.54 Å². The van der Waals surface area contributed by atoms with E-state index in [0.717, 1.165) is 38.0 Å². The van der Waals surface area contributed by atoms with E-state index in [4.69, 9.17) is 4.74 Å². The molecule has 0 radical (unpaired) electrons. The van der Waals surface area contributed by atoms with E-state index >= 15 is 0 Å². The van der Waals surface area contributed by atoms with Gasteiger partial charge in [0.05, 0.1) is 13.2 Å². The molecule has 0 saturated carbocycles. The van der Waals surface area contributed by atoms with Gasteiger partial charge in [-0.1, -0.05) is 32.0 Å². The molecule has 1 aromatic rings. The average molecular weight is 389 g/mol. The maximum Gasteiger partial charge on any atom is 0.194 e. The van der Waals surface area contributed by atoms with Crippen molar-refractivity contribution in [2.45, 2.75) is 20.4 Å². The van der Waals surface area contributed by atoms with Crippen LogP contribution in [0.4, 0.5) is 0 Å². The van der Waals surface area contributed by atoms with Gasteiger partial charge in [0.15, 0.2) is 5.96 Å². The second kappa shape index (κ2) is 8.34. The highest BCUT2D eigenvalue weighted by Crippen LogP contribution is 2.18. The Morgan fingerprint density at radius 3 is 2.75 bits per heavy atom. The topological polar surface area (TPSA) is 36.9 Å². The van der Waals surface area contributed by atoms with Crippen molar-refractivity contribution in [3.05, 3.63) is 29.8 Å². The van der Waals surface area contributed by atoms with Crippen LogP contribution in [0.2, 0.25) is 0 Å². The number of para-hydroxylation sites is 1. The van der Waals surface area contributed by atoms with Gasteiger partial charge < -0.3 is 15.0 Å². The number of rotatable bonds is 5. The number of benzene rings is 1. The van der Waals surface area contributed by atoms with Crippen molar-refractivity contribution in [2.24, 2.45) is 10.9 Å². The number of hydrogen-bond donors (Lipinski definition) is 1. The highest BCUT2D eigenvalue weighted by atomic mass is 127. The first-order valence-corrected chi connectivity index (χ1v) is 6.87. The fourth-order valence-electron chi connectivity index (χ4n) is 1.94. The quantitative estimate of drug-likeness (QED) is 0.787. The lowest BCUT2D eigenvalue weighted by molar-refractivity contribution is 0.268. The molecular weight excluding hydrogens is 365 g/mol. The Hall–Kier alpha value is -0.980. The highest BCUT2D eigenvalue weighted by Gasteiger charge is 2.12. The number of aliphatic imine (C=N–C) groups is 1. The first kappa shape index (κ1) is 17.1. The van der Waals surface area contributed by atoms with Crippen molar-refractivity contribution in [3.8, 4) is 5.75 Å². The van der Waals surface area contributed by atoms with Crippen molar-refractivity contribution in [3.63, 3.8) is 0 Å². The van der Waals surface area contributed by atoms with Crippen molar-refractivity contribution in [1.82, 2.24) is 10.2 Å². The van der Waals surface area contributed by atoms with Gasteiger partial charge in [-0.2, -0.15) is 0 Å². The molecule has 1 heterocycles. The molecule has 20 heavy (non-hydrogen) atoms. The van der Waals surface area contributed by atoms with E-state index in [1.807, 2.05) is 18.2 Å². The molecule has 4 nitrogen and oxygen atoms in total. The molecule has 0 atom stereocenters. The number of nitrogens with one attached hydrogen (secondary N) is 1. The summed E-state index contributed by atoms with van der Waals surface area (Å²) in [5.74, 6) is 2.47. The van der Waals surface area contributed by atoms with E-state index in [2.05, 4.69) is 42.2 Å². The first-order valence-electron chi connectivity index (χ1n) is 6.87. The predicted molar refractivity (Wildman–Crippen MR) is 94.0 cm³/mol. The van der Waals surface area contributed by atoms with Crippen LogP contribution in [-0.4, -0.2) is 37.6 Å². The van der Waals surface area contributed by atoms with E-state index in [1.54, 1.807) is 0 Å². The van der Waals surface area contributed by atoms with Crippen LogP contribution in [0.5, 0.6) is 5.75 Å². The average Bonchev–Trinajstić information content (AvgIpc) is 2.80.